The van der Waals surface area contributed by atoms with Crippen LogP contribution in [0.2, 0.25) is 0 Å². The Bertz CT molecular complexity index is 268. The quantitative estimate of drug-likeness (QED) is 0.616. The van der Waals surface area contributed by atoms with Crippen LogP contribution >= 0.6 is 0 Å². The first-order valence-corrected chi connectivity index (χ1v) is 7.34. The molecule has 3 atom stereocenters. The molecule has 0 aromatic carbocycles. The van der Waals surface area contributed by atoms with Crippen LogP contribution in [0.4, 0.5) is 0 Å². The van der Waals surface area contributed by atoms with E-state index in [1.165, 1.54) is 0 Å². The van der Waals surface area contributed by atoms with Crippen molar-refractivity contribution in [2.45, 2.75) is 67.2 Å². The summed E-state index contributed by atoms with van der Waals surface area (Å²) in [6, 6.07) is 0. The Hall–Kier alpha value is -0.660. The Morgan fingerprint density at radius 3 is 2.00 bits per heavy atom. The van der Waals surface area contributed by atoms with Crippen molar-refractivity contribution in [1.29, 1.82) is 0 Å². The van der Waals surface area contributed by atoms with Crippen molar-refractivity contribution in [2.24, 2.45) is 23.7 Å². The third kappa shape index (κ3) is 5.79. The summed E-state index contributed by atoms with van der Waals surface area (Å²) >= 11 is 0. The third-order valence-corrected chi connectivity index (χ3v) is 3.96. The van der Waals surface area contributed by atoms with Gasteiger partial charge >= 0.3 is 0 Å². The van der Waals surface area contributed by atoms with E-state index in [9.17, 15) is 9.59 Å². The minimum absolute atomic E-state index is 0.0111. The Kier molecular flexibility index (Phi) is 8.13. The van der Waals surface area contributed by atoms with Crippen LogP contribution in [0, 0.1) is 23.7 Å². The maximum Gasteiger partial charge on any atom is 0.136 e. The van der Waals surface area contributed by atoms with Crippen molar-refractivity contribution in [1.82, 2.24) is 0 Å². The summed E-state index contributed by atoms with van der Waals surface area (Å²) in [5, 5.41) is 0. The molecule has 0 aromatic heterocycles. The molecule has 18 heavy (non-hydrogen) atoms. The molecule has 0 saturated heterocycles. The third-order valence-electron chi connectivity index (χ3n) is 3.96. The first-order chi connectivity index (χ1) is 8.31. The monoisotopic (exact) mass is 254 g/mol. The van der Waals surface area contributed by atoms with Crippen LogP contribution in [0.25, 0.3) is 0 Å². The molecule has 0 amide bonds. The first kappa shape index (κ1) is 17.3. The molecule has 0 fully saturated rings. The predicted molar refractivity (Wildman–Crippen MR) is 76.5 cm³/mol. The molecule has 2 heteroatoms. The summed E-state index contributed by atoms with van der Waals surface area (Å²) in [5.41, 5.74) is 0. The van der Waals surface area contributed by atoms with E-state index < -0.39 is 0 Å². The average Bonchev–Trinajstić information content (AvgIpc) is 2.27. The van der Waals surface area contributed by atoms with Gasteiger partial charge in [0.05, 0.1) is 0 Å². The predicted octanol–water partition coefficient (Wildman–Crippen LogP) is 4.27. The first-order valence-electron chi connectivity index (χ1n) is 7.34. The van der Waals surface area contributed by atoms with Gasteiger partial charge in [-0.2, -0.15) is 0 Å². The lowest BCUT2D eigenvalue weighted by atomic mass is 9.76. The van der Waals surface area contributed by atoms with E-state index in [1.54, 1.807) is 6.92 Å². The second-order valence-corrected chi connectivity index (χ2v) is 6.07. The zero-order valence-corrected chi connectivity index (χ0v) is 13.0. The van der Waals surface area contributed by atoms with Crippen molar-refractivity contribution in [3.05, 3.63) is 0 Å². The highest BCUT2D eigenvalue weighted by Crippen LogP contribution is 2.28. The molecule has 0 rings (SSSR count). The fourth-order valence-corrected chi connectivity index (χ4v) is 2.41. The molecule has 0 aliphatic heterocycles. The minimum Gasteiger partial charge on any atom is -0.300 e. The van der Waals surface area contributed by atoms with Crippen LogP contribution in [-0.4, -0.2) is 11.6 Å². The van der Waals surface area contributed by atoms with Gasteiger partial charge in [0.1, 0.15) is 11.6 Å². The SMILES string of the molecule is CCCCC(C(=O)CC(C)C)C(C)C(C)C(C)=O. The van der Waals surface area contributed by atoms with Gasteiger partial charge in [-0.05, 0) is 25.2 Å². The van der Waals surface area contributed by atoms with E-state index in [0.29, 0.717) is 18.1 Å². The van der Waals surface area contributed by atoms with E-state index in [4.69, 9.17) is 0 Å². The smallest absolute Gasteiger partial charge is 0.136 e. The van der Waals surface area contributed by atoms with Crippen molar-refractivity contribution in [2.75, 3.05) is 0 Å². The van der Waals surface area contributed by atoms with Gasteiger partial charge in [0.2, 0.25) is 0 Å². The second kappa shape index (κ2) is 8.44. The molecule has 0 aliphatic carbocycles. The fraction of sp³-hybridized carbons (Fsp3) is 0.875. The molecular formula is C16H30O2. The van der Waals surface area contributed by atoms with E-state index in [1.807, 2.05) is 6.92 Å². The molecule has 0 spiro atoms. The molecule has 0 radical (unpaired) electrons. The summed E-state index contributed by atoms with van der Waals surface area (Å²) in [4.78, 5) is 23.8. The number of ketones is 2. The largest absolute Gasteiger partial charge is 0.300 e. The van der Waals surface area contributed by atoms with Gasteiger partial charge in [0.25, 0.3) is 0 Å². The number of hydrogen-bond donors (Lipinski definition) is 0. The van der Waals surface area contributed by atoms with Crippen molar-refractivity contribution in [3.63, 3.8) is 0 Å². The van der Waals surface area contributed by atoms with Crippen LogP contribution in [0.5, 0.6) is 0 Å². The molecule has 106 valence electrons. The van der Waals surface area contributed by atoms with Crippen LogP contribution < -0.4 is 0 Å². The molecule has 0 bridgehead atoms. The van der Waals surface area contributed by atoms with Gasteiger partial charge in [0.15, 0.2) is 0 Å². The highest BCUT2D eigenvalue weighted by Gasteiger charge is 2.30. The van der Waals surface area contributed by atoms with Crippen molar-refractivity contribution < 1.29 is 9.59 Å². The van der Waals surface area contributed by atoms with Gasteiger partial charge < -0.3 is 0 Å². The van der Waals surface area contributed by atoms with Crippen LogP contribution in [0.1, 0.15) is 67.2 Å². The minimum atomic E-state index is -0.0111. The number of carbonyl (C=O) groups is 2. The number of rotatable bonds is 9. The lowest BCUT2D eigenvalue weighted by Gasteiger charge is -2.27. The lowest BCUT2D eigenvalue weighted by Crippen LogP contribution is -2.30. The standard InChI is InChI=1S/C16H30O2/c1-7-8-9-15(16(18)10-11(2)3)13(5)12(4)14(6)17/h11-13,15H,7-10H2,1-6H3. The number of hydrogen-bond acceptors (Lipinski definition) is 2. The molecule has 0 heterocycles. The van der Waals surface area contributed by atoms with Gasteiger partial charge in [0, 0.05) is 18.3 Å². The van der Waals surface area contributed by atoms with Crippen molar-refractivity contribution in [3.8, 4) is 0 Å². The molecule has 0 aliphatic rings. The number of unbranched alkanes of at least 4 members (excludes halogenated alkanes) is 1. The van der Waals surface area contributed by atoms with E-state index in [-0.39, 0.29) is 23.5 Å². The Morgan fingerprint density at radius 1 is 1.06 bits per heavy atom. The van der Waals surface area contributed by atoms with Gasteiger partial charge in [-0.3, -0.25) is 9.59 Å². The second-order valence-electron chi connectivity index (χ2n) is 6.07. The number of carbonyl (C=O) groups excluding carboxylic acids is 2. The van der Waals surface area contributed by atoms with E-state index in [2.05, 4.69) is 27.7 Å². The maximum atomic E-state index is 12.3. The Morgan fingerprint density at radius 2 is 1.61 bits per heavy atom. The average molecular weight is 254 g/mol. The fourth-order valence-electron chi connectivity index (χ4n) is 2.41. The molecular weight excluding hydrogens is 224 g/mol. The summed E-state index contributed by atoms with van der Waals surface area (Å²) in [5.74, 6) is 1.16. The maximum absolute atomic E-state index is 12.3. The zero-order chi connectivity index (χ0) is 14.3. The summed E-state index contributed by atoms with van der Waals surface area (Å²) < 4.78 is 0. The van der Waals surface area contributed by atoms with E-state index in [0.717, 1.165) is 19.3 Å². The van der Waals surface area contributed by atoms with E-state index >= 15 is 0 Å². The topological polar surface area (TPSA) is 34.1 Å². The normalized spacial score (nSPS) is 16.4. The van der Waals surface area contributed by atoms with Crippen LogP contribution in [0.3, 0.4) is 0 Å². The molecule has 0 N–H and O–H groups in total. The Labute approximate surface area is 113 Å². The zero-order valence-electron chi connectivity index (χ0n) is 13.0. The highest BCUT2D eigenvalue weighted by molar-refractivity contribution is 5.83. The highest BCUT2D eigenvalue weighted by atomic mass is 16.1. The van der Waals surface area contributed by atoms with Gasteiger partial charge in [-0.15, -0.1) is 0 Å². The molecule has 2 nitrogen and oxygen atoms in total. The Balaban J connectivity index is 4.74. The van der Waals surface area contributed by atoms with Crippen molar-refractivity contribution >= 4 is 11.6 Å². The van der Waals surface area contributed by atoms with Gasteiger partial charge in [-0.1, -0.05) is 47.5 Å². The molecule has 0 saturated carbocycles. The summed E-state index contributed by atoms with van der Waals surface area (Å²) in [6.45, 7) is 11.9. The lowest BCUT2D eigenvalue weighted by molar-refractivity contribution is -0.128. The molecule has 3 unspecified atom stereocenters. The van der Waals surface area contributed by atoms with Gasteiger partial charge in [-0.25, -0.2) is 0 Å². The van der Waals surface area contributed by atoms with Crippen LogP contribution in [0.15, 0.2) is 0 Å². The molecule has 0 aromatic rings. The van der Waals surface area contributed by atoms with Crippen LogP contribution in [-0.2, 0) is 9.59 Å². The number of Topliss-reactive ketones (excluding diaryl/α,β-unsaturated/α-hetero) is 2. The summed E-state index contributed by atoms with van der Waals surface area (Å²) in [6.07, 6.45) is 3.75. The summed E-state index contributed by atoms with van der Waals surface area (Å²) in [7, 11) is 0.